The van der Waals surface area contributed by atoms with Gasteiger partial charge in [0.25, 0.3) is 11.8 Å². The number of esters is 2. The standard InChI is InChI=1S/C54H71N7O12/c1-10-36-32(2)40-30-44-37(11-13-45(62)71-27-25-68-20-15-55-53(66)73-54(6,7)8)33(3)39(57-44)29-41-34(4)38(12-14-46(63)72-28-26-70-24-23-67-9)49(58-41)48-50-47(35(5)42(59-50)31-43(36)56-40)51(64)61(52(48)65)17-16-60-18-21-69-22-19-60/h11,13,29-31,34,38,58-59H,10,12,14-28H2,1-9H3,(H,55,66)/b13-11+,41-29?,43-31?,44-30?,49-48?/t34-,38-/m0/s1. The average molecular weight is 1010 g/mol. The molecule has 0 aliphatic carbocycles. The third-order valence-corrected chi connectivity index (χ3v) is 13.5. The maximum atomic E-state index is 15.2. The lowest BCUT2D eigenvalue weighted by molar-refractivity contribution is -0.145. The molecule has 394 valence electrons. The van der Waals surface area contributed by atoms with Crippen molar-refractivity contribution in [2.24, 2.45) is 0 Å². The van der Waals surface area contributed by atoms with Crippen molar-refractivity contribution >= 4 is 63.2 Å². The van der Waals surface area contributed by atoms with Gasteiger partial charge in [0.1, 0.15) is 18.8 Å². The van der Waals surface area contributed by atoms with E-state index in [9.17, 15) is 19.2 Å². The highest BCUT2D eigenvalue weighted by atomic mass is 16.6. The van der Waals surface area contributed by atoms with Crippen LogP contribution in [0, 0.1) is 6.92 Å². The summed E-state index contributed by atoms with van der Waals surface area (Å²) < 4.78 is 37.9. The molecule has 0 unspecified atom stereocenters. The van der Waals surface area contributed by atoms with Crippen LogP contribution in [0.25, 0.3) is 33.3 Å². The van der Waals surface area contributed by atoms with Crippen LogP contribution < -0.4 is 5.32 Å². The summed E-state index contributed by atoms with van der Waals surface area (Å²) in [6.07, 6.45) is 3.56. The molecular weight excluding hydrogens is 939 g/mol. The highest BCUT2D eigenvalue weighted by molar-refractivity contribution is 6.23. The number of aryl methyl sites for hydroxylation is 1. The molecule has 1 saturated heterocycles. The molecule has 2 aromatic rings. The molecule has 0 radical (unpaired) electrons. The van der Waals surface area contributed by atoms with Gasteiger partial charge in [-0.25, -0.2) is 19.6 Å². The molecule has 3 N–H and O–H groups in total. The first-order chi connectivity index (χ1) is 35.0. The van der Waals surface area contributed by atoms with Crippen molar-refractivity contribution in [1.29, 1.82) is 0 Å². The molecule has 0 spiro atoms. The number of nitrogens with one attached hydrogen (secondary N) is 3. The Morgan fingerprint density at radius 3 is 2.25 bits per heavy atom. The van der Waals surface area contributed by atoms with Gasteiger partial charge in [0.2, 0.25) is 0 Å². The number of ether oxygens (including phenoxy) is 7. The zero-order valence-electron chi connectivity index (χ0n) is 43.8. The lowest BCUT2D eigenvalue weighted by Crippen LogP contribution is -2.47. The Kier molecular flexibility index (Phi) is 18.4. The molecule has 2 aromatic heterocycles. The Hall–Kier alpha value is -6.25. The van der Waals surface area contributed by atoms with Crippen molar-refractivity contribution < 1.29 is 57.1 Å². The summed E-state index contributed by atoms with van der Waals surface area (Å²) in [5.41, 5.74) is 9.27. The highest BCUT2D eigenvalue weighted by Gasteiger charge is 2.41. The first kappa shape index (κ1) is 54.5. The monoisotopic (exact) mass is 1010 g/mol. The molecule has 5 aliphatic rings. The normalized spacial score (nSPS) is 17.7. The summed E-state index contributed by atoms with van der Waals surface area (Å²) in [5.74, 6) is -2.44. The Balaban J connectivity index is 1.27. The van der Waals surface area contributed by atoms with E-state index in [0.717, 1.165) is 22.4 Å². The number of imide groups is 1. The van der Waals surface area contributed by atoms with Gasteiger partial charge in [-0.05, 0) is 101 Å². The Morgan fingerprint density at radius 1 is 0.836 bits per heavy atom. The van der Waals surface area contributed by atoms with Crippen molar-refractivity contribution in [3.8, 4) is 0 Å². The van der Waals surface area contributed by atoms with E-state index in [2.05, 4.69) is 27.1 Å². The molecule has 7 heterocycles. The highest BCUT2D eigenvalue weighted by Crippen LogP contribution is 2.45. The molecule has 8 bridgehead atoms. The fourth-order valence-corrected chi connectivity index (χ4v) is 9.50. The van der Waals surface area contributed by atoms with E-state index < -0.39 is 35.5 Å². The molecular formula is C54H71N7O12. The number of amides is 3. The number of H-pyrrole nitrogens is 2. The third-order valence-electron chi connectivity index (χ3n) is 13.5. The predicted octanol–water partition coefficient (Wildman–Crippen LogP) is 7.06. The zero-order chi connectivity index (χ0) is 52.4. The van der Waals surface area contributed by atoms with Crippen molar-refractivity contribution in [3.05, 3.63) is 81.2 Å². The van der Waals surface area contributed by atoms with Crippen molar-refractivity contribution in [3.63, 3.8) is 0 Å². The maximum absolute atomic E-state index is 15.2. The molecule has 19 nitrogen and oxygen atoms in total. The van der Waals surface area contributed by atoms with Crippen LogP contribution in [0.5, 0.6) is 0 Å². The molecule has 0 aromatic carbocycles. The van der Waals surface area contributed by atoms with Crippen molar-refractivity contribution in [2.45, 2.75) is 92.1 Å². The molecule has 19 heteroatoms. The molecule has 1 fully saturated rings. The number of hydrogen-bond acceptors (Lipinski definition) is 15. The largest absolute Gasteiger partial charge is 0.463 e. The number of alkyl carbamates (subject to hydrolysis) is 1. The lowest BCUT2D eigenvalue weighted by atomic mass is 9.84. The number of aromatic nitrogens is 4. The number of carbonyl (C=O) groups is 5. The molecule has 2 atom stereocenters. The zero-order valence-corrected chi connectivity index (χ0v) is 43.8. The van der Waals surface area contributed by atoms with E-state index in [1.807, 2.05) is 45.9 Å². The number of morpholine rings is 1. The summed E-state index contributed by atoms with van der Waals surface area (Å²) in [6.45, 7) is 20.2. The Morgan fingerprint density at radius 2 is 1.52 bits per heavy atom. The number of aromatic amines is 2. The molecule has 0 saturated carbocycles. The average Bonchev–Trinajstić information content (AvgIpc) is 4.03. The summed E-state index contributed by atoms with van der Waals surface area (Å²) in [6, 6.07) is 5.81. The van der Waals surface area contributed by atoms with Crippen LogP contribution in [-0.2, 0) is 42.7 Å². The second kappa shape index (κ2) is 24.6. The minimum atomic E-state index is -0.613. The SMILES string of the molecule is CCC1=C(C)c2cc3nc(cc4[nH]c(c5c6[nH]c(cc1n2)c(C)c6C(=O)N(CCN1CCOCC1)C5=O)[C@@H](CCC(=O)OCCOCCOC)[C@@H]4C)C(C)=C3/C=C/C(=O)OCCOCCNC(=O)OC(C)(C)C. The topological polar surface area (TPSA) is 226 Å². The second-order valence-corrected chi connectivity index (χ2v) is 19.5. The van der Waals surface area contributed by atoms with Crippen LogP contribution in [0.4, 0.5) is 4.79 Å². The lowest BCUT2D eigenvalue weighted by Gasteiger charge is -2.31. The van der Waals surface area contributed by atoms with Gasteiger partial charge >= 0.3 is 18.0 Å². The smallest absolute Gasteiger partial charge is 0.407 e. The van der Waals surface area contributed by atoms with Gasteiger partial charge in [-0.2, -0.15) is 0 Å². The van der Waals surface area contributed by atoms with Gasteiger partial charge in [0.05, 0.1) is 85.7 Å². The van der Waals surface area contributed by atoms with Crippen LogP contribution >= 0.6 is 0 Å². The summed E-state index contributed by atoms with van der Waals surface area (Å²) in [5, 5.41) is 2.63. The first-order valence-corrected chi connectivity index (χ1v) is 25.3. The minimum Gasteiger partial charge on any atom is -0.463 e. The summed E-state index contributed by atoms with van der Waals surface area (Å²) >= 11 is 0. The van der Waals surface area contributed by atoms with Gasteiger partial charge < -0.3 is 48.4 Å². The Labute approximate surface area is 426 Å². The number of carbonyl (C=O) groups excluding carboxylic acids is 5. The summed E-state index contributed by atoms with van der Waals surface area (Å²) in [4.78, 5) is 89.2. The minimum absolute atomic E-state index is 0.00503. The quantitative estimate of drug-likeness (QED) is 0.0374. The second-order valence-electron chi connectivity index (χ2n) is 19.5. The van der Waals surface area contributed by atoms with Crippen LogP contribution in [-0.4, -0.2) is 164 Å². The van der Waals surface area contributed by atoms with Crippen molar-refractivity contribution in [2.75, 3.05) is 99.3 Å². The van der Waals surface area contributed by atoms with E-state index in [-0.39, 0.29) is 64.4 Å². The maximum Gasteiger partial charge on any atom is 0.407 e. The van der Waals surface area contributed by atoms with E-state index >= 15 is 4.79 Å². The van der Waals surface area contributed by atoms with Crippen molar-refractivity contribution in [1.82, 2.24) is 35.1 Å². The predicted molar refractivity (Wildman–Crippen MR) is 274 cm³/mol. The van der Waals surface area contributed by atoms with Gasteiger partial charge in [0.15, 0.2) is 0 Å². The van der Waals surface area contributed by atoms with Crippen LogP contribution in [0.3, 0.4) is 0 Å². The van der Waals surface area contributed by atoms with Crippen LogP contribution in [0.2, 0.25) is 0 Å². The van der Waals surface area contributed by atoms with E-state index in [1.165, 1.54) is 11.0 Å². The molecule has 73 heavy (non-hydrogen) atoms. The first-order valence-electron chi connectivity index (χ1n) is 25.3. The third kappa shape index (κ3) is 13.3. The van der Waals surface area contributed by atoms with Gasteiger partial charge in [-0.15, -0.1) is 0 Å². The molecule has 7 rings (SSSR count). The molecule has 5 aliphatic heterocycles. The van der Waals surface area contributed by atoms with Gasteiger partial charge in [-0.3, -0.25) is 24.2 Å². The van der Waals surface area contributed by atoms with Crippen LogP contribution in [0.15, 0.2) is 30.4 Å². The van der Waals surface area contributed by atoms with E-state index in [4.69, 9.17) is 43.1 Å². The fourth-order valence-electron chi connectivity index (χ4n) is 9.50. The number of hydrogen-bond donors (Lipinski definition) is 3. The number of fused-ring (bicyclic) bond motifs is 8. The number of methoxy groups -OCH3 is 1. The Bertz CT molecular complexity index is 2720. The number of rotatable bonds is 21. The molecule has 3 amide bonds. The van der Waals surface area contributed by atoms with Crippen LogP contribution in [0.1, 0.15) is 140 Å². The van der Waals surface area contributed by atoms with Gasteiger partial charge in [0, 0.05) is 86.6 Å². The number of nitrogens with zero attached hydrogens (tertiary/aromatic N) is 4. The van der Waals surface area contributed by atoms with Gasteiger partial charge in [-0.1, -0.05) is 13.8 Å². The summed E-state index contributed by atoms with van der Waals surface area (Å²) in [7, 11) is 1.59. The van der Waals surface area contributed by atoms with E-state index in [1.54, 1.807) is 34.0 Å². The van der Waals surface area contributed by atoms with E-state index in [0.29, 0.717) is 121 Å². The number of allylic oxidation sites excluding steroid dienone is 5. The fraction of sp³-hybridized carbons (Fsp3) is 0.537.